The molecule has 1 N–H and O–H groups in total. The predicted molar refractivity (Wildman–Crippen MR) is 109 cm³/mol. The maximum atomic E-state index is 12.6. The van der Waals surface area contributed by atoms with Crippen LogP contribution in [0.2, 0.25) is 0 Å². The first kappa shape index (κ1) is 22.0. The number of nitrogens with zero attached hydrogens (tertiary/aromatic N) is 2. The zero-order valence-electron chi connectivity index (χ0n) is 15.6. The minimum Gasteiger partial charge on any atom is -0.443 e. The normalized spacial score (nSPS) is 11.8. The Morgan fingerprint density at radius 2 is 1.96 bits per heavy atom. The molecule has 140 valence electrons. The highest BCUT2D eigenvalue weighted by Gasteiger charge is 2.39. The van der Waals surface area contributed by atoms with Crippen LogP contribution < -0.4 is 5.32 Å². The molecule has 0 atom stereocenters. The molecule has 8 heteroatoms. The summed E-state index contributed by atoms with van der Waals surface area (Å²) in [4.78, 5) is 30.2. The number of hydrogen-bond donors (Lipinski definition) is 1. The van der Waals surface area contributed by atoms with Crippen LogP contribution in [0.3, 0.4) is 0 Å². The van der Waals surface area contributed by atoms with Gasteiger partial charge in [-0.2, -0.15) is 0 Å². The van der Waals surface area contributed by atoms with E-state index in [1.54, 1.807) is 52.6 Å². The number of ether oxygens (including phenoxy) is 1. The van der Waals surface area contributed by atoms with Gasteiger partial charge < -0.3 is 10.1 Å². The summed E-state index contributed by atoms with van der Waals surface area (Å²) in [6.07, 6.45) is 1.16. The monoisotopic (exact) mass is 479 g/mol. The Labute approximate surface area is 168 Å². The molecule has 1 aromatic heterocycles. The molecule has 0 bridgehead atoms. The summed E-state index contributed by atoms with van der Waals surface area (Å²) >= 11 is 3.50. The van der Waals surface area contributed by atoms with Crippen molar-refractivity contribution in [2.24, 2.45) is 0 Å². The molecule has 0 spiro atoms. The molecule has 0 aliphatic rings. The molecule has 6 nitrogen and oxygen atoms in total. The lowest BCUT2D eigenvalue weighted by atomic mass is 10.1. The van der Waals surface area contributed by atoms with Crippen LogP contribution in [-0.4, -0.2) is 37.0 Å². The van der Waals surface area contributed by atoms with E-state index >= 15 is 0 Å². The van der Waals surface area contributed by atoms with Gasteiger partial charge in [0.05, 0.1) is 35.1 Å². The lowest BCUT2D eigenvalue weighted by Crippen LogP contribution is -2.53. The van der Waals surface area contributed by atoms with Crippen molar-refractivity contribution in [1.29, 1.82) is 0 Å². The van der Waals surface area contributed by atoms with Gasteiger partial charge in [-0.1, -0.05) is 6.92 Å². The Balaban J connectivity index is 2.77. The second-order valence-electron chi connectivity index (χ2n) is 6.88. The zero-order chi connectivity index (χ0) is 19.3. The lowest BCUT2D eigenvalue weighted by Gasteiger charge is -2.33. The Bertz CT molecular complexity index is 617. The van der Waals surface area contributed by atoms with Crippen LogP contribution in [0.1, 0.15) is 47.2 Å². The molecule has 1 rings (SSSR count). The number of halogens is 1. The van der Waals surface area contributed by atoms with Crippen molar-refractivity contribution in [2.45, 2.75) is 64.1 Å². The Kier molecular flexibility index (Phi) is 7.98. The van der Waals surface area contributed by atoms with E-state index in [0.29, 0.717) is 6.54 Å². The summed E-state index contributed by atoms with van der Waals surface area (Å²) in [6, 6.07) is 3.86. The minimum absolute atomic E-state index is 0.272. The SMILES string of the molecule is CCSc1cccnc1CNC(=O)C(C)(C)N(I)C(=O)OC(C)(C)C. The molecule has 1 aromatic rings. The third-order valence-electron chi connectivity index (χ3n) is 3.16. The number of hydrogen-bond acceptors (Lipinski definition) is 5. The summed E-state index contributed by atoms with van der Waals surface area (Å²) in [7, 11) is 0. The molecule has 2 amide bonds. The third kappa shape index (κ3) is 6.65. The number of rotatable bonds is 6. The lowest BCUT2D eigenvalue weighted by molar-refractivity contribution is -0.128. The number of carbonyl (C=O) groups excluding carboxylic acids is 2. The van der Waals surface area contributed by atoms with Crippen LogP contribution in [0.4, 0.5) is 4.79 Å². The van der Waals surface area contributed by atoms with Crippen LogP contribution in [0.25, 0.3) is 0 Å². The quantitative estimate of drug-likeness (QED) is 0.377. The van der Waals surface area contributed by atoms with Crippen molar-refractivity contribution in [1.82, 2.24) is 13.4 Å². The Morgan fingerprint density at radius 3 is 2.52 bits per heavy atom. The highest BCUT2D eigenvalue weighted by atomic mass is 127. The van der Waals surface area contributed by atoms with E-state index in [2.05, 4.69) is 17.2 Å². The van der Waals surface area contributed by atoms with Crippen molar-refractivity contribution in [3.8, 4) is 0 Å². The molecule has 1 heterocycles. The molecule has 0 fully saturated rings. The van der Waals surface area contributed by atoms with E-state index in [0.717, 1.165) is 16.3 Å². The van der Waals surface area contributed by atoms with E-state index in [-0.39, 0.29) is 5.91 Å². The average Bonchev–Trinajstić information content (AvgIpc) is 2.51. The van der Waals surface area contributed by atoms with Gasteiger partial charge in [0.15, 0.2) is 0 Å². The molecule has 0 saturated heterocycles. The maximum Gasteiger partial charge on any atom is 0.420 e. The highest BCUT2D eigenvalue weighted by Crippen LogP contribution is 2.24. The molecule has 0 radical (unpaired) electrons. The van der Waals surface area contributed by atoms with E-state index < -0.39 is 17.2 Å². The van der Waals surface area contributed by atoms with Gasteiger partial charge in [0, 0.05) is 11.1 Å². The van der Waals surface area contributed by atoms with Crippen molar-refractivity contribution in [2.75, 3.05) is 5.75 Å². The van der Waals surface area contributed by atoms with Crippen molar-refractivity contribution >= 4 is 46.6 Å². The fourth-order valence-electron chi connectivity index (χ4n) is 1.84. The van der Waals surface area contributed by atoms with Crippen molar-refractivity contribution < 1.29 is 14.3 Å². The largest absolute Gasteiger partial charge is 0.443 e. The molecule has 0 saturated carbocycles. The van der Waals surface area contributed by atoms with Gasteiger partial charge in [-0.05, 0) is 52.5 Å². The number of pyridine rings is 1. The predicted octanol–water partition coefficient (Wildman–Crippen LogP) is 4.18. The van der Waals surface area contributed by atoms with Gasteiger partial charge >= 0.3 is 6.09 Å². The molecule has 25 heavy (non-hydrogen) atoms. The summed E-state index contributed by atoms with van der Waals surface area (Å²) in [6.45, 7) is 11.1. The first-order valence-electron chi connectivity index (χ1n) is 8.03. The van der Waals surface area contributed by atoms with Crippen LogP contribution in [0.15, 0.2) is 23.2 Å². The Morgan fingerprint density at radius 1 is 1.32 bits per heavy atom. The van der Waals surface area contributed by atoms with Crippen LogP contribution in [0, 0.1) is 0 Å². The highest BCUT2D eigenvalue weighted by molar-refractivity contribution is 14.1. The summed E-state index contributed by atoms with van der Waals surface area (Å²) in [5.41, 5.74) is -0.862. The molecule has 0 aliphatic heterocycles. The second-order valence-corrected chi connectivity index (χ2v) is 9.15. The smallest absolute Gasteiger partial charge is 0.420 e. The summed E-state index contributed by atoms with van der Waals surface area (Å²) in [5.74, 6) is 0.657. The van der Waals surface area contributed by atoms with Crippen molar-refractivity contribution in [3.63, 3.8) is 0 Å². The number of amides is 2. The minimum atomic E-state index is -1.06. The second kappa shape index (κ2) is 9.07. The van der Waals surface area contributed by atoms with E-state index in [1.807, 2.05) is 35.0 Å². The van der Waals surface area contributed by atoms with E-state index in [9.17, 15) is 9.59 Å². The summed E-state index contributed by atoms with van der Waals surface area (Å²) < 4.78 is 6.62. The average molecular weight is 479 g/mol. The number of carbonyl (C=O) groups is 2. The third-order valence-corrected chi connectivity index (χ3v) is 5.74. The standard InChI is InChI=1S/C17H26IN3O3S/c1-7-25-13-9-8-10-19-12(13)11-20-14(22)17(5,6)21(18)15(23)24-16(2,3)4/h8-10H,7,11H2,1-6H3,(H,20,22). The van der Waals surface area contributed by atoms with Crippen LogP contribution in [-0.2, 0) is 16.1 Å². The molecule has 0 aromatic carbocycles. The number of aromatic nitrogens is 1. The first-order chi connectivity index (χ1) is 11.5. The van der Waals surface area contributed by atoms with E-state index in [1.165, 1.54) is 3.11 Å². The van der Waals surface area contributed by atoms with Gasteiger partial charge in [0.25, 0.3) is 0 Å². The summed E-state index contributed by atoms with van der Waals surface area (Å²) in [5, 5.41) is 2.87. The van der Waals surface area contributed by atoms with Gasteiger partial charge in [-0.25, -0.2) is 7.91 Å². The maximum absolute atomic E-state index is 12.6. The first-order valence-corrected chi connectivity index (χ1v) is 9.98. The fraction of sp³-hybridized carbons (Fsp3) is 0.588. The van der Waals surface area contributed by atoms with Crippen LogP contribution in [0.5, 0.6) is 0 Å². The Hall–Kier alpha value is -1.03. The number of thioether (sulfide) groups is 1. The molecule has 0 unspecified atom stereocenters. The molecular weight excluding hydrogens is 453 g/mol. The molecular formula is C17H26IN3O3S. The van der Waals surface area contributed by atoms with Gasteiger partial charge in [-0.3, -0.25) is 9.78 Å². The van der Waals surface area contributed by atoms with Gasteiger partial charge in [-0.15, -0.1) is 11.8 Å². The molecule has 0 aliphatic carbocycles. The van der Waals surface area contributed by atoms with Gasteiger partial charge in [0.2, 0.25) is 5.91 Å². The van der Waals surface area contributed by atoms with E-state index in [4.69, 9.17) is 4.74 Å². The van der Waals surface area contributed by atoms with Gasteiger partial charge in [0.1, 0.15) is 11.1 Å². The van der Waals surface area contributed by atoms with Crippen molar-refractivity contribution in [3.05, 3.63) is 24.0 Å². The van der Waals surface area contributed by atoms with Crippen LogP contribution >= 0.6 is 34.6 Å². The topological polar surface area (TPSA) is 71.5 Å². The number of nitrogens with one attached hydrogen (secondary N) is 1. The zero-order valence-corrected chi connectivity index (χ0v) is 18.5. The fourth-order valence-corrected chi connectivity index (χ4v) is 2.94.